The number of aromatic nitrogens is 3. The van der Waals surface area contributed by atoms with Gasteiger partial charge in [0.05, 0.1) is 5.02 Å². The van der Waals surface area contributed by atoms with Crippen LogP contribution >= 0.6 is 11.6 Å². The van der Waals surface area contributed by atoms with Crippen molar-refractivity contribution in [3.05, 3.63) is 59.1 Å². The molecule has 0 amide bonds. The van der Waals surface area contributed by atoms with Gasteiger partial charge in [-0.05, 0) is 49.4 Å². The molecule has 0 atom stereocenters. The molecule has 1 saturated heterocycles. The van der Waals surface area contributed by atoms with Crippen LogP contribution in [0.2, 0.25) is 5.02 Å². The minimum atomic E-state index is 0.0412. The van der Waals surface area contributed by atoms with E-state index in [9.17, 15) is 5.11 Å². The maximum Gasteiger partial charge on any atom is 0.233 e. The zero-order valence-electron chi connectivity index (χ0n) is 21.2. The summed E-state index contributed by atoms with van der Waals surface area (Å²) in [6, 6.07) is 16.3. The quantitative estimate of drug-likeness (QED) is 0.206. The Kier molecular flexibility index (Phi) is 8.58. The van der Waals surface area contributed by atoms with Crippen molar-refractivity contribution < 1.29 is 5.11 Å². The van der Waals surface area contributed by atoms with E-state index in [1.54, 1.807) is 18.2 Å². The average molecular weight is 522 g/mol. The minimum Gasteiger partial charge on any atom is -0.506 e. The van der Waals surface area contributed by atoms with Gasteiger partial charge in [0.25, 0.3) is 0 Å². The number of hydrogen-bond donors (Lipinski definition) is 4. The van der Waals surface area contributed by atoms with Crippen molar-refractivity contribution in [2.45, 2.75) is 70.0 Å². The second-order valence-corrected chi connectivity index (χ2v) is 10.5. The van der Waals surface area contributed by atoms with Crippen LogP contribution in [-0.4, -0.2) is 50.1 Å². The molecule has 2 aromatic carbocycles. The van der Waals surface area contributed by atoms with Gasteiger partial charge in [-0.25, -0.2) is 0 Å². The topological polar surface area (TPSA) is 98.2 Å². The third-order valence-electron chi connectivity index (χ3n) is 7.20. The largest absolute Gasteiger partial charge is 0.506 e. The standard InChI is InChI=1S/C28H36ClN7O/c29-24-18-23(12-13-25(24)37)32-28-34-26(30-21-10-6-1-2-7-11-21)33-27(35-28)31-22-14-16-36(17-15-22)19-20-8-4-3-5-9-20/h3-5,8-9,12-13,18,21-22,37H,1-2,6-7,10-11,14-17,19H2,(H3,30,31,32,33,34,35). The van der Waals surface area contributed by atoms with Crippen LogP contribution in [0, 0.1) is 0 Å². The molecule has 9 heteroatoms. The Labute approximate surface area is 223 Å². The summed E-state index contributed by atoms with van der Waals surface area (Å²) in [5, 5.41) is 20.4. The summed E-state index contributed by atoms with van der Waals surface area (Å²) in [4.78, 5) is 16.6. The van der Waals surface area contributed by atoms with Gasteiger partial charge in [0, 0.05) is 37.4 Å². The zero-order valence-corrected chi connectivity index (χ0v) is 21.9. The lowest BCUT2D eigenvalue weighted by Crippen LogP contribution is -2.39. The Balaban J connectivity index is 1.27. The molecule has 0 radical (unpaired) electrons. The summed E-state index contributed by atoms with van der Waals surface area (Å²) in [6.45, 7) is 3.04. The predicted octanol–water partition coefficient (Wildman–Crippen LogP) is 6.19. The first-order valence-electron chi connectivity index (χ1n) is 13.4. The summed E-state index contributed by atoms with van der Waals surface area (Å²) in [6.07, 6.45) is 9.36. The van der Waals surface area contributed by atoms with E-state index in [0.29, 0.717) is 35.6 Å². The van der Waals surface area contributed by atoms with Gasteiger partial charge in [-0.1, -0.05) is 67.6 Å². The van der Waals surface area contributed by atoms with Crippen molar-refractivity contribution in [1.82, 2.24) is 19.9 Å². The molecule has 3 aromatic rings. The number of hydrogen-bond acceptors (Lipinski definition) is 8. The first-order valence-corrected chi connectivity index (χ1v) is 13.8. The van der Waals surface area contributed by atoms with Crippen LogP contribution in [0.25, 0.3) is 0 Å². The van der Waals surface area contributed by atoms with Crippen molar-refractivity contribution in [1.29, 1.82) is 0 Å². The molecule has 196 valence electrons. The smallest absolute Gasteiger partial charge is 0.233 e. The Hall–Kier alpha value is -3.10. The molecule has 5 rings (SSSR count). The number of phenolic OH excluding ortho intramolecular Hbond substituents is 1. The van der Waals surface area contributed by atoms with Crippen molar-refractivity contribution in [2.75, 3.05) is 29.0 Å². The summed E-state index contributed by atoms with van der Waals surface area (Å²) in [7, 11) is 0. The fourth-order valence-corrected chi connectivity index (χ4v) is 5.32. The molecular formula is C28H36ClN7O. The highest BCUT2D eigenvalue weighted by atomic mass is 35.5. The highest BCUT2D eigenvalue weighted by molar-refractivity contribution is 6.32. The fraction of sp³-hybridized carbons (Fsp3) is 0.464. The molecule has 37 heavy (non-hydrogen) atoms. The normalized spacial score (nSPS) is 17.8. The monoisotopic (exact) mass is 521 g/mol. The first-order chi connectivity index (χ1) is 18.1. The maximum atomic E-state index is 9.76. The van der Waals surface area contributed by atoms with Crippen LogP contribution in [0.3, 0.4) is 0 Å². The van der Waals surface area contributed by atoms with Gasteiger partial charge < -0.3 is 21.1 Å². The summed E-state index contributed by atoms with van der Waals surface area (Å²) >= 11 is 6.11. The van der Waals surface area contributed by atoms with Crippen molar-refractivity contribution in [3.63, 3.8) is 0 Å². The second kappa shape index (κ2) is 12.4. The van der Waals surface area contributed by atoms with Gasteiger partial charge in [-0.3, -0.25) is 4.90 Å². The molecule has 1 aromatic heterocycles. The molecule has 1 aliphatic heterocycles. The van der Waals surface area contributed by atoms with E-state index in [1.807, 2.05) is 0 Å². The Morgan fingerprint density at radius 1 is 0.784 bits per heavy atom. The fourth-order valence-electron chi connectivity index (χ4n) is 5.14. The molecule has 0 spiro atoms. The van der Waals surface area contributed by atoms with Crippen LogP contribution in [0.1, 0.15) is 56.9 Å². The van der Waals surface area contributed by atoms with Gasteiger partial charge >= 0.3 is 0 Å². The lowest BCUT2D eigenvalue weighted by atomic mass is 10.0. The number of likely N-dealkylation sites (tertiary alicyclic amines) is 1. The number of aromatic hydroxyl groups is 1. The van der Waals surface area contributed by atoms with Gasteiger partial charge in [0.15, 0.2) is 0 Å². The van der Waals surface area contributed by atoms with E-state index >= 15 is 0 Å². The van der Waals surface area contributed by atoms with Gasteiger partial charge in [0.2, 0.25) is 17.8 Å². The number of rotatable bonds is 8. The molecule has 2 aliphatic rings. The zero-order chi connectivity index (χ0) is 25.5. The highest BCUT2D eigenvalue weighted by Gasteiger charge is 2.21. The van der Waals surface area contributed by atoms with Crippen LogP contribution in [0.5, 0.6) is 5.75 Å². The lowest BCUT2D eigenvalue weighted by molar-refractivity contribution is 0.211. The maximum absolute atomic E-state index is 9.76. The van der Waals surface area contributed by atoms with Crippen molar-refractivity contribution in [3.8, 4) is 5.75 Å². The summed E-state index contributed by atoms with van der Waals surface area (Å²) in [5.41, 5.74) is 2.06. The highest BCUT2D eigenvalue weighted by Crippen LogP contribution is 2.28. The Morgan fingerprint density at radius 2 is 1.41 bits per heavy atom. The predicted molar refractivity (Wildman–Crippen MR) is 150 cm³/mol. The first kappa shape index (κ1) is 25.5. The molecule has 4 N–H and O–H groups in total. The number of anilines is 4. The molecule has 1 aliphatic carbocycles. The van der Waals surface area contributed by atoms with Gasteiger partial charge in [-0.15, -0.1) is 0 Å². The third kappa shape index (κ3) is 7.46. The number of phenols is 1. The minimum absolute atomic E-state index is 0.0412. The van der Waals surface area contributed by atoms with Gasteiger partial charge in [-0.2, -0.15) is 15.0 Å². The number of benzene rings is 2. The average Bonchev–Trinajstić information content (AvgIpc) is 3.17. The SMILES string of the molecule is Oc1ccc(Nc2nc(NC3CCCCCC3)nc(NC3CCN(Cc4ccccc4)CC3)n2)cc1Cl. The molecule has 8 nitrogen and oxygen atoms in total. The lowest BCUT2D eigenvalue weighted by Gasteiger charge is -2.32. The molecule has 2 fully saturated rings. The Bertz CT molecular complexity index is 1150. The number of piperidine rings is 1. The van der Waals surface area contributed by atoms with Crippen molar-refractivity contribution in [2.24, 2.45) is 0 Å². The van der Waals surface area contributed by atoms with E-state index in [0.717, 1.165) is 45.3 Å². The second-order valence-electron chi connectivity index (χ2n) is 10.1. The Morgan fingerprint density at radius 3 is 2.05 bits per heavy atom. The number of nitrogens with zero attached hydrogens (tertiary/aromatic N) is 4. The number of halogens is 1. The molecule has 2 heterocycles. The van der Waals surface area contributed by atoms with Crippen LogP contribution in [0.15, 0.2) is 48.5 Å². The molecular weight excluding hydrogens is 486 g/mol. The molecule has 0 unspecified atom stereocenters. The van der Waals surface area contributed by atoms with E-state index in [2.05, 4.69) is 61.2 Å². The molecule has 0 bridgehead atoms. The summed E-state index contributed by atoms with van der Waals surface area (Å²) < 4.78 is 0. The van der Waals surface area contributed by atoms with Crippen LogP contribution < -0.4 is 16.0 Å². The summed E-state index contributed by atoms with van der Waals surface area (Å²) in [5.74, 6) is 1.63. The van der Waals surface area contributed by atoms with E-state index < -0.39 is 0 Å². The number of nitrogens with one attached hydrogen (secondary N) is 3. The van der Waals surface area contributed by atoms with Gasteiger partial charge in [0.1, 0.15) is 5.75 Å². The van der Waals surface area contributed by atoms with E-state index in [-0.39, 0.29) is 10.8 Å². The van der Waals surface area contributed by atoms with Crippen LogP contribution in [-0.2, 0) is 6.54 Å². The van der Waals surface area contributed by atoms with E-state index in [1.165, 1.54) is 31.2 Å². The van der Waals surface area contributed by atoms with Crippen molar-refractivity contribution >= 4 is 35.1 Å². The van der Waals surface area contributed by atoms with Crippen LogP contribution in [0.4, 0.5) is 23.5 Å². The third-order valence-corrected chi connectivity index (χ3v) is 7.50. The molecule has 1 saturated carbocycles. The van der Waals surface area contributed by atoms with E-state index in [4.69, 9.17) is 16.6 Å².